The maximum absolute atomic E-state index is 11.5. The Bertz CT molecular complexity index is 1080. The van der Waals surface area contributed by atoms with E-state index in [0.717, 1.165) is 50.4 Å². The molecule has 0 amide bonds. The van der Waals surface area contributed by atoms with Crippen LogP contribution in [0.15, 0.2) is 11.6 Å². The standard InChI is InChI=1S/C46H86N2O8/c1-4-5-6-7-8-9-10-11-12-17-20-23-26-39(50)41(51)36(32-55-45-44(54)43(53)42(52)40(31-49)56-45)38-30-35(47-48-38)25-22-19-16-14-13-15-18-21-24-33-27-28-34-29-37(33)46(34,2)3/h27,34-45,47-54H,4-26,28-32H2,1-3H3/t34-,35?,36+,37-,38?,39+,40?,41-,42?,43?,44?,45?/m0/s1. The molecule has 56 heavy (non-hydrogen) atoms. The summed E-state index contributed by atoms with van der Waals surface area (Å²) in [5.74, 6) is 1.26. The third kappa shape index (κ3) is 14.8. The van der Waals surface area contributed by atoms with E-state index in [9.17, 15) is 30.6 Å². The lowest BCUT2D eigenvalue weighted by Crippen LogP contribution is -2.59. The summed E-state index contributed by atoms with van der Waals surface area (Å²) in [5.41, 5.74) is 9.08. The minimum Gasteiger partial charge on any atom is -0.394 e. The molecule has 0 aromatic heterocycles. The topological polar surface area (TPSA) is 164 Å². The predicted octanol–water partition coefficient (Wildman–Crippen LogP) is 7.36. The summed E-state index contributed by atoms with van der Waals surface area (Å²) in [6.45, 7) is 6.61. The zero-order chi connectivity index (χ0) is 40.3. The van der Waals surface area contributed by atoms with Crippen LogP contribution in [0.4, 0.5) is 0 Å². The molecular weight excluding hydrogens is 709 g/mol. The maximum atomic E-state index is 11.5. The Hall–Kier alpha value is -0.660. The monoisotopic (exact) mass is 795 g/mol. The molecule has 12 atom stereocenters. The van der Waals surface area contributed by atoms with Gasteiger partial charge >= 0.3 is 0 Å². The van der Waals surface area contributed by atoms with Crippen LogP contribution in [0, 0.1) is 23.2 Å². The van der Waals surface area contributed by atoms with Crippen LogP contribution in [0.2, 0.25) is 0 Å². The molecule has 0 spiro atoms. The average molecular weight is 795 g/mol. The minimum atomic E-state index is -1.54. The molecule has 3 fully saturated rings. The molecule has 2 heterocycles. The fraction of sp³-hybridized carbons (Fsp3) is 0.957. The van der Waals surface area contributed by atoms with E-state index in [2.05, 4.69) is 37.7 Å². The first-order chi connectivity index (χ1) is 27.1. The largest absolute Gasteiger partial charge is 0.394 e. The van der Waals surface area contributed by atoms with Crippen LogP contribution in [0.5, 0.6) is 0 Å². The molecule has 328 valence electrons. The zero-order valence-electron chi connectivity index (χ0n) is 35.8. The molecule has 0 aromatic rings. The second-order valence-electron chi connectivity index (χ2n) is 18.9. The van der Waals surface area contributed by atoms with Gasteiger partial charge in [-0.15, -0.1) is 0 Å². The van der Waals surface area contributed by atoms with Crippen molar-refractivity contribution < 1.29 is 40.1 Å². The Balaban J connectivity index is 1.12. The molecule has 2 saturated heterocycles. The summed E-state index contributed by atoms with van der Waals surface area (Å²) in [6, 6.07) is 0.0538. The van der Waals surface area contributed by atoms with Gasteiger partial charge < -0.3 is 40.1 Å². The van der Waals surface area contributed by atoms with Crippen LogP contribution >= 0.6 is 0 Å². The van der Waals surface area contributed by atoms with Crippen LogP contribution in [0.3, 0.4) is 0 Å². The minimum absolute atomic E-state index is 0.0396. The molecule has 5 aliphatic rings. The zero-order valence-corrected chi connectivity index (χ0v) is 35.8. The Labute approximate surface area is 341 Å². The number of nitrogens with one attached hydrogen (secondary N) is 2. The van der Waals surface area contributed by atoms with Crippen molar-refractivity contribution in [3.63, 3.8) is 0 Å². The van der Waals surface area contributed by atoms with Crippen molar-refractivity contribution in [3.05, 3.63) is 11.6 Å². The number of hydrazine groups is 1. The average Bonchev–Trinajstić information content (AvgIpc) is 3.67. The van der Waals surface area contributed by atoms with Gasteiger partial charge in [-0.1, -0.05) is 154 Å². The normalized spacial score (nSPS) is 31.5. The number of aliphatic hydroxyl groups excluding tert-OH is 6. The van der Waals surface area contributed by atoms with Gasteiger partial charge in [0.1, 0.15) is 24.4 Å². The smallest absolute Gasteiger partial charge is 0.186 e. The lowest BCUT2D eigenvalue weighted by molar-refractivity contribution is -0.305. The van der Waals surface area contributed by atoms with Crippen molar-refractivity contribution in [3.8, 4) is 0 Å². The van der Waals surface area contributed by atoms with Crippen LogP contribution in [-0.4, -0.2) is 98.9 Å². The van der Waals surface area contributed by atoms with Crippen molar-refractivity contribution >= 4 is 0 Å². The number of fused-ring (bicyclic) bond motifs is 1. The first-order valence-electron chi connectivity index (χ1n) is 23.6. The molecule has 1 saturated carbocycles. The number of aliphatic hydroxyl groups is 6. The van der Waals surface area contributed by atoms with Gasteiger partial charge in [0.05, 0.1) is 25.4 Å². The highest BCUT2D eigenvalue weighted by molar-refractivity contribution is 5.23. The number of allylic oxidation sites excluding steroid dienone is 2. The van der Waals surface area contributed by atoms with E-state index in [4.69, 9.17) is 9.47 Å². The van der Waals surface area contributed by atoms with Crippen LogP contribution in [-0.2, 0) is 9.47 Å². The first kappa shape index (κ1) is 48.0. The Kier molecular flexibility index (Phi) is 22.2. The fourth-order valence-electron chi connectivity index (χ4n) is 10.2. The maximum Gasteiger partial charge on any atom is 0.186 e. The van der Waals surface area contributed by atoms with E-state index in [1.165, 1.54) is 122 Å². The highest BCUT2D eigenvalue weighted by atomic mass is 16.7. The summed E-state index contributed by atoms with van der Waals surface area (Å²) in [7, 11) is 0. The van der Waals surface area contributed by atoms with Crippen molar-refractivity contribution in [1.82, 2.24) is 10.9 Å². The summed E-state index contributed by atoms with van der Waals surface area (Å²) in [6.07, 6.45) is 25.0. The summed E-state index contributed by atoms with van der Waals surface area (Å²) >= 11 is 0. The van der Waals surface area contributed by atoms with Gasteiger partial charge in [0.15, 0.2) is 6.29 Å². The Morgan fingerprint density at radius 3 is 1.93 bits per heavy atom. The molecule has 0 radical (unpaired) electrons. The lowest BCUT2D eigenvalue weighted by atomic mass is 9.48. The van der Waals surface area contributed by atoms with Gasteiger partial charge in [0.2, 0.25) is 0 Å². The predicted molar refractivity (Wildman–Crippen MR) is 224 cm³/mol. The Morgan fingerprint density at radius 2 is 1.34 bits per heavy atom. The number of hydrogen-bond acceptors (Lipinski definition) is 10. The van der Waals surface area contributed by atoms with Crippen molar-refractivity contribution in [2.24, 2.45) is 23.2 Å². The van der Waals surface area contributed by atoms with Gasteiger partial charge in [-0.2, -0.15) is 0 Å². The summed E-state index contributed by atoms with van der Waals surface area (Å²) < 4.78 is 11.5. The van der Waals surface area contributed by atoms with E-state index < -0.39 is 55.4 Å². The number of unbranched alkanes of at least 4 members (excludes halogenated alkanes) is 18. The van der Waals surface area contributed by atoms with Crippen LogP contribution < -0.4 is 10.9 Å². The number of rotatable bonds is 31. The molecule has 5 rings (SSSR count). The fourth-order valence-corrected chi connectivity index (χ4v) is 10.2. The number of ether oxygens (including phenoxy) is 2. The number of hydrogen-bond donors (Lipinski definition) is 8. The van der Waals surface area contributed by atoms with Crippen molar-refractivity contribution in [2.75, 3.05) is 13.2 Å². The second-order valence-corrected chi connectivity index (χ2v) is 18.9. The third-order valence-electron chi connectivity index (χ3n) is 14.4. The molecule has 2 bridgehead atoms. The van der Waals surface area contributed by atoms with E-state index in [0.29, 0.717) is 11.8 Å². The lowest BCUT2D eigenvalue weighted by Gasteiger charge is -2.56. The van der Waals surface area contributed by atoms with Gasteiger partial charge in [0, 0.05) is 18.0 Å². The van der Waals surface area contributed by atoms with E-state index >= 15 is 0 Å². The van der Waals surface area contributed by atoms with Gasteiger partial charge in [-0.05, 0) is 62.2 Å². The molecule has 10 nitrogen and oxygen atoms in total. The van der Waals surface area contributed by atoms with Gasteiger partial charge in [-0.25, -0.2) is 0 Å². The van der Waals surface area contributed by atoms with Crippen molar-refractivity contribution in [1.29, 1.82) is 0 Å². The van der Waals surface area contributed by atoms with Gasteiger partial charge in [-0.3, -0.25) is 10.9 Å². The molecule has 10 heteroatoms. The van der Waals surface area contributed by atoms with Crippen molar-refractivity contribution in [2.45, 2.75) is 243 Å². The molecule has 2 aliphatic heterocycles. The van der Waals surface area contributed by atoms with E-state index in [1.54, 1.807) is 5.57 Å². The summed E-state index contributed by atoms with van der Waals surface area (Å²) in [5, 5.41) is 63.4. The SMILES string of the molecule is CCCCCCCCCCCCCC[C@@H](O)[C@@H](O)[C@H](COC1OC(CO)C(O)C(O)C1O)C1CC(CCCCCCCCCCC2=CC[C@H]3C[C@@H]2C3(C)C)NN1. The van der Waals surface area contributed by atoms with E-state index in [1.807, 2.05) is 0 Å². The van der Waals surface area contributed by atoms with E-state index in [-0.39, 0.29) is 18.7 Å². The van der Waals surface area contributed by atoms with Crippen LogP contribution in [0.25, 0.3) is 0 Å². The highest BCUT2D eigenvalue weighted by Crippen LogP contribution is 2.60. The quantitative estimate of drug-likeness (QED) is 0.0263. The third-order valence-corrected chi connectivity index (χ3v) is 14.4. The molecular formula is C46H86N2O8. The summed E-state index contributed by atoms with van der Waals surface area (Å²) in [4.78, 5) is 0. The molecule has 0 aromatic carbocycles. The molecule has 3 aliphatic carbocycles. The second kappa shape index (κ2) is 25.8. The first-order valence-corrected chi connectivity index (χ1v) is 23.6. The molecule has 7 unspecified atom stereocenters. The van der Waals surface area contributed by atoms with Gasteiger partial charge in [0.25, 0.3) is 0 Å². The molecule has 8 N–H and O–H groups in total. The Morgan fingerprint density at radius 1 is 0.750 bits per heavy atom. The highest BCUT2D eigenvalue weighted by Gasteiger charge is 2.50. The van der Waals surface area contributed by atoms with Crippen LogP contribution in [0.1, 0.15) is 188 Å².